The van der Waals surface area contributed by atoms with Gasteiger partial charge in [0, 0.05) is 29.9 Å². The third kappa shape index (κ3) is 3.43. The molecular weight excluding hydrogens is 281 g/mol. The average molecular weight is 300 g/mol. The van der Waals surface area contributed by atoms with Crippen LogP contribution >= 0.6 is 0 Å². The smallest absolute Gasteiger partial charge is 0.406 e. The van der Waals surface area contributed by atoms with Crippen LogP contribution < -0.4 is 10.1 Å². The SMILES string of the molecule is CN1C2CCC1CC(Nc1cccc(OC(F)(F)F)c1)C2. The molecule has 1 aromatic carbocycles. The summed E-state index contributed by atoms with van der Waals surface area (Å²) >= 11 is 0. The number of fused-ring (bicyclic) bond motifs is 2. The highest BCUT2D eigenvalue weighted by Gasteiger charge is 2.38. The molecule has 0 aromatic heterocycles. The van der Waals surface area contributed by atoms with Crippen molar-refractivity contribution in [2.45, 2.75) is 50.2 Å². The lowest BCUT2D eigenvalue weighted by Gasteiger charge is -2.37. The highest BCUT2D eigenvalue weighted by molar-refractivity contribution is 5.49. The van der Waals surface area contributed by atoms with Crippen LogP contribution in [0.1, 0.15) is 25.7 Å². The minimum atomic E-state index is -4.65. The van der Waals surface area contributed by atoms with Crippen molar-refractivity contribution in [1.82, 2.24) is 4.90 Å². The van der Waals surface area contributed by atoms with Gasteiger partial charge in [0.15, 0.2) is 0 Å². The maximum atomic E-state index is 12.2. The first-order valence-corrected chi connectivity index (χ1v) is 7.25. The molecule has 2 aliphatic heterocycles. The van der Waals surface area contributed by atoms with E-state index in [2.05, 4.69) is 22.0 Å². The Hall–Kier alpha value is -1.43. The number of rotatable bonds is 3. The molecule has 21 heavy (non-hydrogen) atoms. The van der Waals surface area contributed by atoms with Gasteiger partial charge in [0.25, 0.3) is 0 Å². The Morgan fingerprint density at radius 2 is 1.86 bits per heavy atom. The highest BCUT2D eigenvalue weighted by atomic mass is 19.4. The predicted molar refractivity (Wildman–Crippen MR) is 74.3 cm³/mol. The fourth-order valence-electron chi connectivity index (χ4n) is 3.55. The fraction of sp³-hybridized carbons (Fsp3) is 0.600. The van der Waals surface area contributed by atoms with Crippen LogP contribution in [-0.4, -0.2) is 36.4 Å². The molecule has 1 aromatic rings. The second-order valence-corrected chi connectivity index (χ2v) is 5.94. The van der Waals surface area contributed by atoms with Gasteiger partial charge in [-0.25, -0.2) is 0 Å². The van der Waals surface area contributed by atoms with Crippen molar-refractivity contribution in [1.29, 1.82) is 0 Å². The summed E-state index contributed by atoms with van der Waals surface area (Å²) in [6.45, 7) is 0. The lowest BCUT2D eigenvalue weighted by atomic mass is 9.98. The molecule has 3 nitrogen and oxygen atoms in total. The van der Waals surface area contributed by atoms with Crippen LogP contribution in [-0.2, 0) is 0 Å². The summed E-state index contributed by atoms with van der Waals surface area (Å²) in [5.74, 6) is -0.177. The molecule has 2 bridgehead atoms. The van der Waals surface area contributed by atoms with E-state index in [-0.39, 0.29) is 5.75 Å². The molecule has 2 aliphatic rings. The van der Waals surface area contributed by atoms with Crippen LogP contribution in [0.25, 0.3) is 0 Å². The summed E-state index contributed by atoms with van der Waals surface area (Å²) in [7, 11) is 2.16. The van der Waals surface area contributed by atoms with Gasteiger partial charge in [0.1, 0.15) is 5.75 Å². The van der Waals surface area contributed by atoms with Gasteiger partial charge in [0.05, 0.1) is 0 Å². The predicted octanol–water partition coefficient (Wildman–Crippen LogP) is 3.62. The number of alkyl halides is 3. The molecule has 2 heterocycles. The number of nitrogens with zero attached hydrogens (tertiary/aromatic N) is 1. The number of anilines is 1. The summed E-state index contributed by atoms with van der Waals surface area (Å²) in [6.07, 6.45) is -0.132. The van der Waals surface area contributed by atoms with E-state index in [0.29, 0.717) is 23.8 Å². The normalized spacial score (nSPS) is 29.4. The summed E-state index contributed by atoms with van der Waals surface area (Å²) < 4.78 is 40.7. The van der Waals surface area contributed by atoms with E-state index in [1.807, 2.05) is 0 Å². The highest BCUT2D eigenvalue weighted by Crippen LogP contribution is 2.35. The number of ether oxygens (including phenoxy) is 1. The Morgan fingerprint density at radius 1 is 1.19 bits per heavy atom. The maximum absolute atomic E-state index is 12.2. The van der Waals surface area contributed by atoms with E-state index in [9.17, 15) is 13.2 Å². The lowest BCUT2D eigenvalue weighted by molar-refractivity contribution is -0.274. The third-order valence-electron chi connectivity index (χ3n) is 4.54. The van der Waals surface area contributed by atoms with Crippen LogP contribution in [0.2, 0.25) is 0 Å². The van der Waals surface area contributed by atoms with Crippen LogP contribution in [0.5, 0.6) is 5.75 Å². The van der Waals surface area contributed by atoms with Gasteiger partial charge in [-0.15, -0.1) is 13.2 Å². The zero-order valence-electron chi connectivity index (χ0n) is 11.9. The van der Waals surface area contributed by atoms with Gasteiger partial charge in [0.2, 0.25) is 0 Å². The maximum Gasteiger partial charge on any atom is 0.573 e. The third-order valence-corrected chi connectivity index (χ3v) is 4.54. The van der Waals surface area contributed by atoms with Crippen molar-refractivity contribution in [2.24, 2.45) is 0 Å². The first-order valence-electron chi connectivity index (χ1n) is 7.25. The molecular formula is C15H19F3N2O. The average Bonchev–Trinajstić information content (AvgIpc) is 2.60. The Labute approximate surface area is 122 Å². The van der Waals surface area contributed by atoms with Crippen molar-refractivity contribution in [3.8, 4) is 5.75 Å². The van der Waals surface area contributed by atoms with Crippen LogP contribution in [0.4, 0.5) is 18.9 Å². The molecule has 2 atom stereocenters. The van der Waals surface area contributed by atoms with Crippen molar-refractivity contribution in [2.75, 3.05) is 12.4 Å². The van der Waals surface area contributed by atoms with Gasteiger partial charge in [-0.3, -0.25) is 0 Å². The van der Waals surface area contributed by atoms with Crippen molar-refractivity contribution < 1.29 is 17.9 Å². The Bertz CT molecular complexity index is 492. The van der Waals surface area contributed by atoms with Crippen LogP contribution in [0, 0.1) is 0 Å². The molecule has 2 fully saturated rings. The zero-order chi connectivity index (χ0) is 15.0. The molecule has 2 unspecified atom stereocenters. The van der Waals surface area contributed by atoms with Crippen molar-refractivity contribution in [3.05, 3.63) is 24.3 Å². The van der Waals surface area contributed by atoms with Gasteiger partial charge in [-0.1, -0.05) is 6.07 Å². The Morgan fingerprint density at radius 3 is 2.48 bits per heavy atom. The first-order chi connectivity index (χ1) is 9.90. The standard InChI is InChI=1S/C15H19F3N2O/c1-20-12-5-6-13(20)8-11(7-12)19-10-3-2-4-14(9-10)21-15(16,17)18/h2-4,9,11-13,19H,5-8H2,1H3. The van der Waals surface area contributed by atoms with E-state index >= 15 is 0 Å². The minimum absolute atomic E-state index is 0.177. The number of benzene rings is 1. The Kier molecular flexibility index (Phi) is 3.73. The van der Waals surface area contributed by atoms with Crippen LogP contribution in [0.3, 0.4) is 0 Å². The fourth-order valence-corrected chi connectivity index (χ4v) is 3.55. The van der Waals surface area contributed by atoms with E-state index in [1.165, 1.54) is 25.0 Å². The lowest BCUT2D eigenvalue weighted by Crippen LogP contribution is -2.44. The molecule has 116 valence electrons. The van der Waals surface area contributed by atoms with Gasteiger partial charge < -0.3 is 15.0 Å². The second-order valence-electron chi connectivity index (χ2n) is 5.94. The van der Waals surface area contributed by atoms with Crippen molar-refractivity contribution in [3.63, 3.8) is 0 Å². The van der Waals surface area contributed by atoms with E-state index in [0.717, 1.165) is 12.8 Å². The molecule has 3 rings (SSSR count). The van der Waals surface area contributed by atoms with Gasteiger partial charge >= 0.3 is 6.36 Å². The zero-order valence-corrected chi connectivity index (χ0v) is 11.9. The van der Waals surface area contributed by atoms with E-state index in [4.69, 9.17) is 0 Å². The Balaban J connectivity index is 1.64. The van der Waals surface area contributed by atoms with E-state index in [1.54, 1.807) is 12.1 Å². The largest absolute Gasteiger partial charge is 0.573 e. The molecule has 0 saturated carbocycles. The van der Waals surface area contributed by atoms with Gasteiger partial charge in [-0.05, 0) is 44.9 Å². The molecule has 0 spiro atoms. The number of hydrogen-bond acceptors (Lipinski definition) is 3. The molecule has 2 saturated heterocycles. The quantitative estimate of drug-likeness (QED) is 0.922. The second kappa shape index (κ2) is 5.40. The summed E-state index contributed by atoms with van der Waals surface area (Å²) in [4.78, 5) is 2.43. The van der Waals surface area contributed by atoms with Gasteiger partial charge in [-0.2, -0.15) is 0 Å². The number of halogens is 3. The topological polar surface area (TPSA) is 24.5 Å². The molecule has 0 radical (unpaired) electrons. The van der Waals surface area contributed by atoms with E-state index < -0.39 is 6.36 Å². The minimum Gasteiger partial charge on any atom is -0.406 e. The number of hydrogen-bond donors (Lipinski definition) is 1. The number of nitrogens with one attached hydrogen (secondary N) is 1. The molecule has 0 aliphatic carbocycles. The summed E-state index contributed by atoms with van der Waals surface area (Å²) in [5.41, 5.74) is 0.686. The molecule has 0 amide bonds. The summed E-state index contributed by atoms with van der Waals surface area (Å²) in [6, 6.07) is 7.59. The monoisotopic (exact) mass is 300 g/mol. The summed E-state index contributed by atoms with van der Waals surface area (Å²) in [5, 5.41) is 3.35. The first kappa shape index (κ1) is 14.5. The molecule has 6 heteroatoms. The van der Waals surface area contributed by atoms with Crippen molar-refractivity contribution >= 4 is 5.69 Å². The number of piperidine rings is 1. The molecule has 1 N–H and O–H groups in total. The van der Waals surface area contributed by atoms with Crippen LogP contribution in [0.15, 0.2) is 24.3 Å².